The van der Waals surface area contributed by atoms with E-state index >= 15 is 0 Å². The zero-order chi connectivity index (χ0) is 22.3. The summed E-state index contributed by atoms with van der Waals surface area (Å²) in [5, 5.41) is 6.13. The Morgan fingerprint density at radius 3 is 2.35 bits per heavy atom. The lowest BCUT2D eigenvalue weighted by molar-refractivity contribution is 0.0437. The summed E-state index contributed by atoms with van der Waals surface area (Å²) < 4.78 is 7.46. The van der Waals surface area contributed by atoms with Crippen molar-refractivity contribution < 1.29 is 14.3 Å². The van der Waals surface area contributed by atoms with Crippen molar-refractivity contribution in [2.24, 2.45) is 0 Å². The summed E-state index contributed by atoms with van der Waals surface area (Å²) in [5.74, 6) is -0.135. The van der Waals surface area contributed by atoms with Gasteiger partial charge < -0.3 is 19.9 Å². The maximum Gasteiger partial charge on any atom is 0.408 e. The zero-order valence-electron chi connectivity index (χ0n) is 18.8. The fourth-order valence-electron chi connectivity index (χ4n) is 3.98. The molecule has 0 unspecified atom stereocenters. The van der Waals surface area contributed by atoms with Crippen LogP contribution >= 0.6 is 0 Å². The van der Waals surface area contributed by atoms with Crippen LogP contribution in [0.15, 0.2) is 43.0 Å². The third-order valence-corrected chi connectivity index (χ3v) is 5.55. The first-order valence-electron chi connectivity index (χ1n) is 11.1. The normalized spacial score (nSPS) is 16.2. The summed E-state index contributed by atoms with van der Waals surface area (Å²) in [4.78, 5) is 29.3. The van der Waals surface area contributed by atoms with Crippen LogP contribution in [0.1, 0.15) is 75.2 Å². The van der Waals surface area contributed by atoms with Crippen LogP contribution in [-0.2, 0) is 11.3 Å². The fourth-order valence-corrected chi connectivity index (χ4v) is 3.98. The number of rotatable bonds is 6. The van der Waals surface area contributed by atoms with E-state index in [1.165, 1.54) is 0 Å². The van der Waals surface area contributed by atoms with Gasteiger partial charge in [0.15, 0.2) is 0 Å². The zero-order valence-corrected chi connectivity index (χ0v) is 18.8. The lowest BCUT2D eigenvalue weighted by Crippen LogP contribution is -2.56. The molecule has 1 aromatic carbocycles. The standard InChI is InChI=1S/C24H34N4O3/c1-23(2,3)31-22(30)27-24(12-6-4-5-7-13-24)17-26-21(29)20-10-8-19(9-11-20)16-28-15-14-25-18-28/h8-11,14-15,18H,4-7,12-13,16-17H2,1-3H3,(H,26,29)(H,27,30). The van der Waals surface area contributed by atoms with Crippen LogP contribution in [-0.4, -0.2) is 39.2 Å². The van der Waals surface area contributed by atoms with Gasteiger partial charge in [-0.25, -0.2) is 9.78 Å². The average Bonchev–Trinajstić information content (AvgIpc) is 3.10. The molecule has 7 heteroatoms. The molecule has 2 amide bonds. The van der Waals surface area contributed by atoms with E-state index in [1.807, 2.05) is 55.8 Å². The highest BCUT2D eigenvalue weighted by Crippen LogP contribution is 2.27. The molecule has 0 atom stereocenters. The van der Waals surface area contributed by atoms with Gasteiger partial charge in [0.1, 0.15) is 5.60 Å². The van der Waals surface area contributed by atoms with Gasteiger partial charge in [0.2, 0.25) is 0 Å². The Labute approximate surface area is 184 Å². The van der Waals surface area contributed by atoms with Gasteiger partial charge in [0.25, 0.3) is 5.91 Å². The number of hydrogen-bond acceptors (Lipinski definition) is 4. The minimum absolute atomic E-state index is 0.135. The fraction of sp³-hybridized carbons (Fsp3) is 0.542. The maximum atomic E-state index is 12.8. The second-order valence-electron chi connectivity index (χ2n) is 9.44. The number of hydrogen-bond donors (Lipinski definition) is 2. The van der Waals surface area contributed by atoms with Crippen molar-refractivity contribution in [3.63, 3.8) is 0 Å². The second-order valence-corrected chi connectivity index (χ2v) is 9.44. The summed E-state index contributed by atoms with van der Waals surface area (Å²) in [5.41, 5.74) is 0.671. The molecule has 0 saturated heterocycles. The summed E-state index contributed by atoms with van der Waals surface area (Å²) in [6, 6.07) is 7.58. The molecule has 31 heavy (non-hydrogen) atoms. The molecular weight excluding hydrogens is 392 g/mol. The lowest BCUT2D eigenvalue weighted by Gasteiger charge is -2.35. The van der Waals surface area contributed by atoms with Crippen molar-refractivity contribution in [3.05, 3.63) is 54.1 Å². The van der Waals surface area contributed by atoms with Crippen LogP contribution < -0.4 is 10.6 Å². The number of nitrogens with zero attached hydrogens (tertiary/aromatic N) is 2. The molecule has 1 heterocycles. The highest BCUT2D eigenvalue weighted by molar-refractivity contribution is 5.94. The van der Waals surface area contributed by atoms with Gasteiger partial charge in [-0.3, -0.25) is 4.79 Å². The van der Waals surface area contributed by atoms with Crippen LogP contribution in [0.5, 0.6) is 0 Å². The number of benzene rings is 1. The second kappa shape index (κ2) is 9.98. The Kier molecular flexibility index (Phi) is 7.36. The van der Waals surface area contributed by atoms with Gasteiger partial charge in [-0.15, -0.1) is 0 Å². The quantitative estimate of drug-likeness (QED) is 0.675. The molecule has 1 fully saturated rings. The predicted molar refractivity (Wildman–Crippen MR) is 120 cm³/mol. The van der Waals surface area contributed by atoms with E-state index in [9.17, 15) is 9.59 Å². The van der Waals surface area contributed by atoms with Gasteiger partial charge >= 0.3 is 6.09 Å². The summed E-state index contributed by atoms with van der Waals surface area (Å²) >= 11 is 0. The van der Waals surface area contributed by atoms with Crippen LogP contribution in [0, 0.1) is 0 Å². The number of alkyl carbamates (subject to hydrolysis) is 1. The third-order valence-electron chi connectivity index (χ3n) is 5.55. The number of amides is 2. The molecule has 2 N–H and O–H groups in total. The number of imidazole rings is 1. The Hall–Kier alpha value is -2.83. The highest BCUT2D eigenvalue weighted by atomic mass is 16.6. The highest BCUT2D eigenvalue weighted by Gasteiger charge is 2.34. The molecule has 0 aliphatic heterocycles. The minimum Gasteiger partial charge on any atom is -0.444 e. The summed E-state index contributed by atoms with van der Waals surface area (Å²) in [7, 11) is 0. The third kappa shape index (κ3) is 7.12. The molecular formula is C24H34N4O3. The van der Waals surface area contributed by atoms with Gasteiger partial charge in [0.05, 0.1) is 11.9 Å². The van der Waals surface area contributed by atoms with E-state index in [-0.39, 0.29) is 5.91 Å². The molecule has 7 nitrogen and oxygen atoms in total. The molecule has 1 aliphatic carbocycles. The Morgan fingerprint density at radius 2 is 1.77 bits per heavy atom. The Morgan fingerprint density at radius 1 is 1.10 bits per heavy atom. The molecule has 0 bridgehead atoms. The van der Waals surface area contributed by atoms with E-state index in [0.717, 1.165) is 44.1 Å². The summed E-state index contributed by atoms with van der Waals surface area (Å²) in [6.45, 7) is 6.66. The molecule has 3 rings (SSSR count). The molecule has 0 radical (unpaired) electrons. The SMILES string of the molecule is CC(C)(C)OC(=O)NC1(CNC(=O)c2ccc(Cn3ccnc3)cc2)CCCCCC1. The first-order chi connectivity index (χ1) is 14.7. The van der Waals surface area contributed by atoms with Crippen LogP contribution in [0.4, 0.5) is 4.79 Å². The van der Waals surface area contributed by atoms with Crippen LogP contribution in [0.2, 0.25) is 0 Å². The Balaban J connectivity index is 1.62. The number of ether oxygens (including phenoxy) is 1. The van der Waals surface area contributed by atoms with E-state index in [2.05, 4.69) is 15.6 Å². The van der Waals surface area contributed by atoms with Crippen LogP contribution in [0.3, 0.4) is 0 Å². The smallest absolute Gasteiger partial charge is 0.408 e. The van der Waals surface area contributed by atoms with Crippen molar-refractivity contribution in [1.29, 1.82) is 0 Å². The van der Waals surface area contributed by atoms with Crippen molar-refractivity contribution in [3.8, 4) is 0 Å². The van der Waals surface area contributed by atoms with Crippen molar-refractivity contribution in [1.82, 2.24) is 20.2 Å². The number of nitrogens with one attached hydrogen (secondary N) is 2. The average molecular weight is 427 g/mol. The first kappa shape index (κ1) is 22.8. The van der Waals surface area contributed by atoms with Gasteiger partial charge in [0, 0.05) is 31.0 Å². The van der Waals surface area contributed by atoms with E-state index in [0.29, 0.717) is 18.7 Å². The molecule has 1 aromatic heterocycles. The first-order valence-corrected chi connectivity index (χ1v) is 11.1. The summed E-state index contributed by atoms with van der Waals surface area (Å²) in [6.07, 6.45) is 11.0. The van der Waals surface area contributed by atoms with Crippen molar-refractivity contribution in [2.75, 3.05) is 6.54 Å². The van der Waals surface area contributed by atoms with Gasteiger partial charge in [-0.2, -0.15) is 0 Å². The molecule has 0 spiro atoms. The van der Waals surface area contributed by atoms with Gasteiger partial charge in [-0.1, -0.05) is 37.8 Å². The largest absolute Gasteiger partial charge is 0.444 e. The molecule has 168 valence electrons. The van der Waals surface area contributed by atoms with Gasteiger partial charge in [-0.05, 0) is 51.3 Å². The maximum absolute atomic E-state index is 12.8. The molecule has 1 aliphatic rings. The van der Waals surface area contributed by atoms with Crippen LogP contribution in [0.25, 0.3) is 0 Å². The topological polar surface area (TPSA) is 85.3 Å². The number of carbonyl (C=O) groups excluding carboxylic acids is 2. The predicted octanol–water partition coefficient (Wildman–Crippen LogP) is 4.28. The monoisotopic (exact) mass is 426 g/mol. The lowest BCUT2D eigenvalue weighted by atomic mass is 9.90. The van der Waals surface area contributed by atoms with Crippen molar-refractivity contribution in [2.45, 2.75) is 77.0 Å². The molecule has 1 saturated carbocycles. The molecule has 2 aromatic rings. The van der Waals surface area contributed by atoms with E-state index in [4.69, 9.17) is 4.74 Å². The van der Waals surface area contributed by atoms with Crippen molar-refractivity contribution >= 4 is 12.0 Å². The van der Waals surface area contributed by atoms with E-state index in [1.54, 1.807) is 12.5 Å². The number of aromatic nitrogens is 2. The number of carbonyl (C=O) groups is 2. The Bertz CT molecular complexity index is 846. The van der Waals surface area contributed by atoms with E-state index < -0.39 is 17.2 Å². The minimum atomic E-state index is -0.558.